The van der Waals surface area contributed by atoms with Gasteiger partial charge in [-0.3, -0.25) is 14.8 Å². The monoisotopic (exact) mass is 282 g/mol. The Morgan fingerprint density at radius 2 is 2.05 bits per heavy atom. The number of hydrogen-bond donors (Lipinski definition) is 2. The Balaban J connectivity index is 2.45. The molecule has 1 aromatic heterocycles. The van der Waals surface area contributed by atoms with E-state index < -0.39 is 11.5 Å². The molecular formula is C14H26N4O2. The highest BCUT2D eigenvalue weighted by atomic mass is 16.4. The number of carboxylic acids is 1. The summed E-state index contributed by atoms with van der Waals surface area (Å²) in [7, 11) is 0. The van der Waals surface area contributed by atoms with E-state index >= 15 is 0 Å². The highest BCUT2D eigenvalue weighted by molar-refractivity contribution is 5.78. The van der Waals surface area contributed by atoms with Crippen LogP contribution in [0.3, 0.4) is 0 Å². The third-order valence-electron chi connectivity index (χ3n) is 3.34. The molecule has 1 unspecified atom stereocenters. The molecule has 0 bridgehead atoms. The van der Waals surface area contributed by atoms with Gasteiger partial charge in [0.05, 0.1) is 0 Å². The molecule has 0 aliphatic heterocycles. The average molecular weight is 282 g/mol. The van der Waals surface area contributed by atoms with Crippen LogP contribution >= 0.6 is 0 Å². The molecule has 0 saturated heterocycles. The normalized spacial score (nSPS) is 14.5. The summed E-state index contributed by atoms with van der Waals surface area (Å²) in [5.74, 6) is 0.891. The van der Waals surface area contributed by atoms with Crippen molar-refractivity contribution in [3.8, 4) is 0 Å². The number of aromatic nitrogens is 3. The van der Waals surface area contributed by atoms with E-state index in [0.29, 0.717) is 6.42 Å². The minimum absolute atomic E-state index is 0.149. The number of carbonyl (C=O) groups is 1. The molecule has 0 saturated carbocycles. The third kappa shape index (κ3) is 4.59. The van der Waals surface area contributed by atoms with Crippen LogP contribution in [0.25, 0.3) is 0 Å². The number of aryl methyl sites for hydroxylation is 3. The Labute approximate surface area is 120 Å². The number of aliphatic carboxylic acids is 1. The van der Waals surface area contributed by atoms with Crippen molar-refractivity contribution < 1.29 is 9.90 Å². The Morgan fingerprint density at radius 1 is 1.40 bits per heavy atom. The first-order chi connectivity index (χ1) is 9.24. The van der Waals surface area contributed by atoms with Gasteiger partial charge in [-0.05, 0) is 53.9 Å². The first kappa shape index (κ1) is 16.6. The fourth-order valence-electron chi connectivity index (χ4n) is 2.39. The van der Waals surface area contributed by atoms with Crippen molar-refractivity contribution in [2.24, 2.45) is 0 Å². The van der Waals surface area contributed by atoms with Gasteiger partial charge in [0.25, 0.3) is 0 Å². The van der Waals surface area contributed by atoms with E-state index in [9.17, 15) is 9.90 Å². The quantitative estimate of drug-likeness (QED) is 0.712. The minimum Gasteiger partial charge on any atom is -0.480 e. The summed E-state index contributed by atoms with van der Waals surface area (Å²) in [5, 5.41) is 16.8. The van der Waals surface area contributed by atoms with Crippen molar-refractivity contribution in [2.75, 3.05) is 0 Å². The number of hydrogen-bond acceptors (Lipinski definition) is 4. The first-order valence-corrected chi connectivity index (χ1v) is 7.14. The second kappa shape index (κ2) is 6.83. The molecule has 0 aliphatic carbocycles. The maximum Gasteiger partial charge on any atom is 0.323 e. The lowest BCUT2D eigenvalue weighted by atomic mass is 9.94. The largest absolute Gasteiger partial charge is 0.480 e. The summed E-state index contributed by atoms with van der Waals surface area (Å²) in [6, 6.07) is 0.149. The number of nitrogens with one attached hydrogen (secondary N) is 1. The standard InChI is InChI=1S/C14H26N4O2/c1-10(2)16-14(5,13(19)20)8-6-7-9-18-12(4)15-11(3)17-18/h10,16H,6-9H2,1-5H3,(H,19,20). The van der Waals surface area contributed by atoms with E-state index in [1.807, 2.05) is 32.4 Å². The van der Waals surface area contributed by atoms with Crippen LogP contribution in [0.2, 0.25) is 0 Å². The lowest BCUT2D eigenvalue weighted by molar-refractivity contribution is -0.144. The van der Waals surface area contributed by atoms with Crippen LogP contribution < -0.4 is 5.32 Å². The number of carboxylic acid groups (broad SMARTS) is 1. The van der Waals surface area contributed by atoms with Crippen molar-refractivity contribution in [1.29, 1.82) is 0 Å². The van der Waals surface area contributed by atoms with Gasteiger partial charge in [-0.2, -0.15) is 5.10 Å². The average Bonchev–Trinajstić information content (AvgIpc) is 2.62. The SMILES string of the molecule is Cc1nc(C)n(CCCCC(C)(NC(C)C)C(=O)O)n1. The molecule has 0 fully saturated rings. The minimum atomic E-state index is -0.860. The molecule has 1 aromatic rings. The van der Waals surface area contributed by atoms with Gasteiger partial charge in [0.15, 0.2) is 0 Å². The summed E-state index contributed by atoms with van der Waals surface area (Å²) in [5.41, 5.74) is -0.860. The van der Waals surface area contributed by atoms with Gasteiger partial charge in [0.1, 0.15) is 17.2 Å². The molecule has 1 rings (SSSR count). The molecule has 1 atom stereocenters. The molecule has 0 radical (unpaired) electrons. The topological polar surface area (TPSA) is 80.0 Å². The van der Waals surface area contributed by atoms with Crippen LogP contribution in [0.5, 0.6) is 0 Å². The maximum absolute atomic E-state index is 11.4. The van der Waals surface area contributed by atoms with E-state index in [4.69, 9.17) is 0 Å². The molecular weight excluding hydrogens is 256 g/mol. The van der Waals surface area contributed by atoms with Crippen molar-refractivity contribution >= 4 is 5.97 Å². The Kier molecular flexibility index (Phi) is 5.68. The second-order valence-electron chi connectivity index (χ2n) is 5.82. The highest BCUT2D eigenvalue weighted by Gasteiger charge is 2.32. The lowest BCUT2D eigenvalue weighted by Crippen LogP contribution is -2.52. The van der Waals surface area contributed by atoms with Crippen LogP contribution in [0.15, 0.2) is 0 Å². The predicted molar refractivity (Wildman–Crippen MR) is 77.7 cm³/mol. The molecule has 0 spiro atoms. The molecule has 6 nitrogen and oxygen atoms in total. The fourth-order valence-corrected chi connectivity index (χ4v) is 2.39. The van der Waals surface area contributed by atoms with Crippen LogP contribution in [0, 0.1) is 13.8 Å². The molecule has 20 heavy (non-hydrogen) atoms. The number of rotatable bonds is 8. The van der Waals surface area contributed by atoms with Crippen molar-refractivity contribution in [3.63, 3.8) is 0 Å². The molecule has 0 amide bonds. The Hall–Kier alpha value is -1.43. The first-order valence-electron chi connectivity index (χ1n) is 7.14. The van der Waals surface area contributed by atoms with Crippen molar-refractivity contribution in [3.05, 3.63) is 11.6 Å². The molecule has 0 aliphatic rings. The summed E-state index contributed by atoms with van der Waals surface area (Å²) in [4.78, 5) is 15.6. The van der Waals surface area contributed by atoms with Crippen LogP contribution in [-0.2, 0) is 11.3 Å². The molecule has 2 N–H and O–H groups in total. The molecule has 6 heteroatoms. The highest BCUT2D eigenvalue weighted by Crippen LogP contribution is 2.16. The zero-order valence-electron chi connectivity index (χ0n) is 13.1. The summed E-state index contributed by atoms with van der Waals surface area (Å²) in [6.45, 7) is 10.3. The van der Waals surface area contributed by atoms with E-state index in [-0.39, 0.29) is 6.04 Å². The Bertz CT molecular complexity index is 456. The Morgan fingerprint density at radius 3 is 2.50 bits per heavy atom. The van der Waals surface area contributed by atoms with Gasteiger partial charge in [-0.25, -0.2) is 4.98 Å². The predicted octanol–water partition coefficient (Wildman–Crippen LogP) is 1.91. The van der Waals surface area contributed by atoms with Crippen LogP contribution in [0.4, 0.5) is 0 Å². The van der Waals surface area contributed by atoms with E-state index in [0.717, 1.165) is 31.0 Å². The zero-order chi connectivity index (χ0) is 15.3. The second-order valence-corrected chi connectivity index (χ2v) is 5.82. The number of unbranched alkanes of at least 4 members (excludes halogenated alkanes) is 1. The molecule has 0 aromatic carbocycles. The van der Waals surface area contributed by atoms with E-state index in [1.165, 1.54) is 0 Å². The van der Waals surface area contributed by atoms with Crippen molar-refractivity contribution in [2.45, 2.75) is 72.0 Å². The third-order valence-corrected chi connectivity index (χ3v) is 3.34. The lowest BCUT2D eigenvalue weighted by Gasteiger charge is -2.28. The van der Waals surface area contributed by atoms with E-state index in [2.05, 4.69) is 15.4 Å². The molecule has 114 valence electrons. The smallest absolute Gasteiger partial charge is 0.323 e. The van der Waals surface area contributed by atoms with Gasteiger partial charge in [0.2, 0.25) is 0 Å². The van der Waals surface area contributed by atoms with Crippen LogP contribution in [-0.4, -0.2) is 37.4 Å². The zero-order valence-corrected chi connectivity index (χ0v) is 13.1. The van der Waals surface area contributed by atoms with Crippen molar-refractivity contribution in [1.82, 2.24) is 20.1 Å². The van der Waals surface area contributed by atoms with E-state index in [1.54, 1.807) is 6.92 Å². The van der Waals surface area contributed by atoms with Crippen LogP contribution in [0.1, 0.15) is 51.7 Å². The van der Waals surface area contributed by atoms with Gasteiger partial charge in [0, 0.05) is 12.6 Å². The molecule has 1 heterocycles. The van der Waals surface area contributed by atoms with Gasteiger partial charge < -0.3 is 5.11 Å². The summed E-state index contributed by atoms with van der Waals surface area (Å²) in [6.07, 6.45) is 2.33. The van der Waals surface area contributed by atoms with Gasteiger partial charge in [-0.15, -0.1) is 0 Å². The van der Waals surface area contributed by atoms with Gasteiger partial charge in [-0.1, -0.05) is 0 Å². The maximum atomic E-state index is 11.4. The number of nitrogens with zero attached hydrogens (tertiary/aromatic N) is 3. The summed E-state index contributed by atoms with van der Waals surface area (Å²) >= 11 is 0. The van der Waals surface area contributed by atoms with Gasteiger partial charge >= 0.3 is 5.97 Å². The summed E-state index contributed by atoms with van der Waals surface area (Å²) < 4.78 is 1.88. The fraction of sp³-hybridized carbons (Fsp3) is 0.786.